The topological polar surface area (TPSA) is 98.5 Å². The number of nitrogens with two attached hydrogens (primary N) is 1. The number of hydrogen-bond donors (Lipinski definition) is 2. The molecule has 6 nitrogen and oxygen atoms in total. The van der Waals surface area contributed by atoms with Crippen molar-refractivity contribution < 1.29 is 17.9 Å². The zero-order valence-electron chi connectivity index (χ0n) is 13.0. The molecule has 0 aliphatic heterocycles. The third-order valence-electron chi connectivity index (χ3n) is 3.68. The average Bonchev–Trinajstić information content (AvgIpc) is 2.52. The first kappa shape index (κ1) is 20.9. The van der Waals surface area contributed by atoms with Crippen molar-refractivity contribution in [2.75, 3.05) is 13.7 Å². The molecule has 0 aliphatic rings. The number of carbonyl (C=O) groups excluding carboxylic acids is 1. The molecule has 0 saturated carbocycles. The Labute approximate surface area is 137 Å². The van der Waals surface area contributed by atoms with Crippen molar-refractivity contribution in [3.63, 3.8) is 0 Å². The molecular formula is C14H23ClN2O4S. The Morgan fingerprint density at radius 2 is 1.82 bits per heavy atom. The summed E-state index contributed by atoms with van der Waals surface area (Å²) in [6, 6.07) is 5.94. The van der Waals surface area contributed by atoms with E-state index in [-0.39, 0.29) is 29.4 Å². The number of nitrogens with one attached hydrogen (secondary N) is 1. The number of halogens is 1. The van der Waals surface area contributed by atoms with Crippen LogP contribution in [0.4, 0.5) is 0 Å². The van der Waals surface area contributed by atoms with Gasteiger partial charge >= 0.3 is 5.97 Å². The Kier molecular flexibility index (Phi) is 8.03. The Bertz CT molecular complexity index is 592. The summed E-state index contributed by atoms with van der Waals surface area (Å²) in [6.45, 7) is 3.91. The molecule has 1 aromatic carbocycles. The lowest BCUT2D eigenvalue weighted by Gasteiger charge is -2.31. The van der Waals surface area contributed by atoms with E-state index in [4.69, 9.17) is 5.73 Å². The van der Waals surface area contributed by atoms with Crippen LogP contribution in [0, 0.1) is 0 Å². The van der Waals surface area contributed by atoms with Crippen LogP contribution in [0.5, 0.6) is 0 Å². The summed E-state index contributed by atoms with van der Waals surface area (Å²) >= 11 is 0. The van der Waals surface area contributed by atoms with Crippen LogP contribution in [0.15, 0.2) is 29.2 Å². The van der Waals surface area contributed by atoms with Gasteiger partial charge in [-0.1, -0.05) is 26.0 Å². The van der Waals surface area contributed by atoms with Crippen molar-refractivity contribution in [1.29, 1.82) is 0 Å². The second-order valence-corrected chi connectivity index (χ2v) is 6.44. The van der Waals surface area contributed by atoms with E-state index < -0.39 is 21.5 Å². The lowest BCUT2D eigenvalue weighted by atomic mass is 9.95. The van der Waals surface area contributed by atoms with E-state index >= 15 is 0 Å². The molecule has 0 radical (unpaired) electrons. The maximum absolute atomic E-state index is 12.6. The number of carbonyl (C=O) groups is 1. The molecule has 0 fully saturated rings. The fraction of sp³-hybridized carbons (Fsp3) is 0.500. The van der Waals surface area contributed by atoms with Gasteiger partial charge in [0.15, 0.2) is 0 Å². The van der Waals surface area contributed by atoms with Gasteiger partial charge in [0.1, 0.15) is 0 Å². The first-order valence-electron chi connectivity index (χ1n) is 6.77. The molecule has 3 N–H and O–H groups in total. The van der Waals surface area contributed by atoms with Crippen molar-refractivity contribution >= 4 is 28.4 Å². The SMILES string of the molecule is CCC(CC)(CN)NS(=O)(=O)c1ccccc1C(=O)OC.Cl. The molecule has 22 heavy (non-hydrogen) atoms. The number of esters is 1. The fourth-order valence-corrected chi connectivity index (χ4v) is 3.79. The second-order valence-electron chi connectivity index (χ2n) is 4.78. The van der Waals surface area contributed by atoms with Crippen LogP contribution in [-0.2, 0) is 14.8 Å². The van der Waals surface area contributed by atoms with Crippen LogP contribution in [-0.4, -0.2) is 33.6 Å². The maximum atomic E-state index is 12.6. The third-order valence-corrected chi connectivity index (χ3v) is 5.31. The standard InChI is InChI=1S/C14H22N2O4S.ClH/c1-4-14(5-2,10-15)16-21(18,19)12-9-7-6-8-11(12)13(17)20-3;/h6-9,16H,4-5,10,15H2,1-3H3;1H. The van der Waals surface area contributed by atoms with Gasteiger partial charge < -0.3 is 10.5 Å². The Morgan fingerprint density at radius 3 is 2.27 bits per heavy atom. The summed E-state index contributed by atoms with van der Waals surface area (Å²) in [7, 11) is -2.66. The lowest BCUT2D eigenvalue weighted by molar-refractivity contribution is 0.0596. The summed E-state index contributed by atoms with van der Waals surface area (Å²) < 4.78 is 32.4. The largest absolute Gasteiger partial charge is 0.465 e. The molecule has 0 aromatic heterocycles. The average molecular weight is 351 g/mol. The molecule has 1 rings (SSSR count). The normalized spacial score (nSPS) is 11.6. The zero-order valence-corrected chi connectivity index (χ0v) is 14.6. The van der Waals surface area contributed by atoms with E-state index in [1.54, 1.807) is 12.1 Å². The number of sulfonamides is 1. The summed E-state index contributed by atoms with van der Waals surface area (Å²) in [5.41, 5.74) is 5.00. The van der Waals surface area contributed by atoms with Crippen molar-refractivity contribution in [1.82, 2.24) is 4.72 Å². The van der Waals surface area contributed by atoms with Crippen molar-refractivity contribution in [2.45, 2.75) is 37.1 Å². The van der Waals surface area contributed by atoms with Crippen LogP contribution in [0.25, 0.3) is 0 Å². The molecule has 0 unspecified atom stereocenters. The van der Waals surface area contributed by atoms with Gasteiger partial charge in [0, 0.05) is 12.1 Å². The Morgan fingerprint density at radius 1 is 1.27 bits per heavy atom. The summed E-state index contributed by atoms with van der Waals surface area (Å²) in [5, 5.41) is 0. The predicted octanol–water partition coefficient (Wildman–Crippen LogP) is 1.69. The van der Waals surface area contributed by atoms with E-state index in [0.29, 0.717) is 12.8 Å². The first-order chi connectivity index (χ1) is 9.85. The Hall–Kier alpha value is -1.15. The number of benzene rings is 1. The number of ether oxygens (including phenoxy) is 1. The monoisotopic (exact) mass is 350 g/mol. The van der Waals surface area contributed by atoms with Crippen LogP contribution in [0.1, 0.15) is 37.0 Å². The lowest BCUT2D eigenvalue weighted by Crippen LogP contribution is -2.52. The highest BCUT2D eigenvalue weighted by Gasteiger charge is 2.32. The molecular weight excluding hydrogens is 328 g/mol. The number of methoxy groups -OCH3 is 1. The summed E-state index contributed by atoms with van der Waals surface area (Å²) in [5.74, 6) is -0.692. The van der Waals surface area contributed by atoms with Crippen molar-refractivity contribution in [3.05, 3.63) is 29.8 Å². The molecule has 1 aromatic rings. The highest BCUT2D eigenvalue weighted by Crippen LogP contribution is 2.21. The molecule has 0 amide bonds. The molecule has 0 saturated heterocycles. The van der Waals surface area contributed by atoms with Gasteiger partial charge in [-0.2, -0.15) is 0 Å². The third kappa shape index (κ3) is 4.42. The van der Waals surface area contributed by atoms with E-state index in [2.05, 4.69) is 9.46 Å². The minimum atomic E-state index is -3.87. The molecule has 0 spiro atoms. The minimum absolute atomic E-state index is 0. The highest BCUT2D eigenvalue weighted by atomic mass is 35.5. The van der Waals surface area contributed by atoms with Crippen molar-refractivity contribution in [2.24, 2.45) is 5.73 Å². The molecule has 126 valence electrons. The molecule has 0 bridgehead atoms. The molecule has 8 heteroatoms. The van der Waals surface area contributed by atoms with Crippen LogP contribution < -0.4 is 10.5 Å². The van der Waals surface area contributed by atoms with Gasteiger partial charge in [0.05, 0.1) is 17.6 Å². The number of hydrogen-bond acceptors (Lipinski definition) is 5. The van der Waals surface area contributed by atoms with Gasteiger partial charge in [-0.25, -0.2) is 17.9 Å². The highest BCUT2D eigenvalue weighted by molar-refractivity contribution is 7.89. The smallest absolute Gasteiger partial charge is 0.339 e. The van der Waals surface area contributed by atoms with Crippen LogP contribution in [0.3, 0.4) is 0 Å². The van der Waals surface area contributed by atoms with Gasteiger partial charge in [0.2, 0.25) is 10.0 Å². The quantitative estimate of drug-likeness (QED) is 0.729. The van der Waals surface area contributed by atoms with Gasteiger partial charge in [-0.15, -0.1) is 12.4 Å². The summed E-state index contributed by atoms with van der Waals surface area (Å²) in [4.78, 5) is 11.6. The second kappa shape index (κ2) is 8.47. The minimum Gasteiger partial charge on any atom is -0.465 e. The van der Waals surface area contributed by atoms with Gasteiger partial charge in [0.25, 0.3) is 0 Å². The van der Waals surface area contributed by atoms with E-state index in [9.17, 15) is 13.2 Å². The van der Waals surface area contributed by atoms with Gasteiger partial charge in [-0.05, 0) is 25.0 Å². The van der Waals surface area contributed by atoms with Crippen LogP contribution >= 0.6 is 12.4 Å². The maximum Gasteiger partial charge on any atom is 0.339 e. The van der Waals surface area contributed by atoms with E-state index in [0.717, 1.165) is 0 Å². The molecule has 0 heterocycles. The molecule has 0 atom stereocenters. The van der Waals surface area contributed by atoms with Crippen molar-refractivity contribution in [3.8, 4) is 0 Å². The van der Waals surface area contributed by atoms with Gasteiger partial charge in [-0.3, -0.25) is 0 Å². The van der Waals surface area contributed by atoms with E-state index in [1.807, 2.05) is 13.8 Å². The molecule has 0 aliphatic carbocycles. The number of rotatable bonds is 7. The predicted molar refractivity (Wildman–Crippen MR) is 87.7 cm³/mol. The summed E-state index contributed by atoms with van der Waals surface area (Å²) in [6.07, 6.45) is 1.11. The first-order valence-corrected chi connectivity index (χ1v) is 8.25. The van der Waals surface area contributed by atoms with Crippen LogP contribution in [0.2, 0.25) is 0 Å². The zero-order chi connectivity index (χ0) is 16.1. The Balaban J connectivity index is 0.00000441. The van der Waals surface area contributed by atoms with E-state index in [1.165, 1.54) is 19.2 Å². The fourth-order valence-electron chi connectivity index (χ4n) is 2.04.